The van der Waals surface area contributed by atoms with Crippen molar-refractivity contribution in [3.63, 3.8) is 0 Å². The molecule has 2 aromatic heterocycles. The Morgan fingerprint density at radius 2 is 2.06 bits per heavy atom. The molecule has 0 saturated carbocycles. The predicted octanol–water partition coefficient (Wildman–Crippen LogP) is 1.15. The van der Waals surface area contributed by atoms with Crippen molar-refractivity contribution in [3.8, 4) is 0 Å². The third kappa shape index (κ3) is 2.25. The van der Waals surface area contributed by atoms with Crippen LogP contribution < -0.4 is 5.84 Å². The number of nitrogen functional groups attached to an aromatic ring is 1. The Morgan fingerprint density at radius 3 is 2.62 bits per heavy atom. The van der Waals surface area contributed by atoms with Gasteiger partial charge in [-0.25, -0.2) is 14.6 Å². The Hall–Kier alpha value is -1.34. The lowest BCUT2D eigenvalue weighted by Gasteiger charge is -2.00. The Kier molecular flexibility index (Phi) is 3.25. The number of hydrogen-bond donors (Lipinski definition) is 1. The monoisotopic (exact) mass is 256 g/mol. The molecule has 0 unspecified atom stereocenters. The highest BCUT2D eigenvalue weighted by Gasteiger charge is 2.10. The second-order valence-electron chi connectivity index (χ2n) is 2.91. The summed E-state index contributed by atoms with van der Waals surface area (Å²) >= 11 is 6.92. The molecule has 2 N–H and O–H groups in total. The van der Waals surface area contributed by atoms with Crippen LogP contribution in [-0.2, 0) is 6.42 Å². The molecule has 0 aliphatic carbocycles. The van der Waals surface area contributed by atoms with Gasteiger partial charge >= 0.3 is 0 Å². The number of halogens is 1. The zero-order valence-corrected chi connectivity index (χ0v) is 10.0. The second kappa shape index (κ2) is 4.67. The molecule has 0 amide bonds. The van der Waals surface area contributed by atoms with Crippen LogP contribution in [-0.4, -0.2) is 24.8 Å². The van der Waals surface area contributed by atoms with Crippen LogP contribution in [0.15, 0.2) is 22.7 Å². The molecule has 16 heavy (non-hydrogen) atoms. The fourth-order valence-corrected chi connectivity index (χ4v) is 1.81. The molecule has 8 heteroatoms. The van der Waals surface area contributed by atoms with Crippen molar-refractivity contribution in [2.75, 3.05) is 5.84 Å². The zero-order valence-electron chi connectivity index (χ0n) is 8.46. The van der Waals surface area contributed by atoms with Crippen LogP contribution in [0.2, 0.25) is 5.02 Å². The summed E-state index contributed by atoms with van der Waals surface area (Å²) in [5.41, 5.74) is 0. The van der Waals surface area contributed by atoms with Crippen molar-refractivity contribution < 1.29 is 0 Å². The van der Waals surface area contributed by atoms with Gasteiger partial charge in [-0.15, -0.1) is 10.2 Å². The first-order valence-corrected chi connectivity index (χ1v) is 5.75. The van der Waals surface area contributed by atoms with Gasteiger partial charge in [-0.2, -0.15) is 0 Å². The summed E-state index contributed by atoms with van der Waals surface area (Å²) in [5.74, 6) is 6.50. The lowest BCUT2D eigenvalue weighted by molar-refractivity contribution is 0.792. The minimum atomic E-state index is 0.493. The van der Waals surface area contributed by atoms with Gasteiger partial charge in [0.05, 0.1) is 17.4 Å². The van der Waals surface area contributed by atoms with Crippen LogP contribution in [0.3, 0.4) is 0 Å². The average molecular weight is 257 g/mol. The first kappa shape index (κ1) is 11.2. The van der Waals surface area contributed by atoms with Crippen LogP contribution in [0.25, 0.3) is 0 Å². The van der Waals surface area contributed by atoms with Gasteiger partial charge in [-0.3, -0.25) is 0 Å². The van der Waals surface area contributed by atoms with Crippen LogP contribution in [0, 0.1) is 0 Å². The molecular weight excluding hydrogens is 248 g/mol. The van der Waals surface area contributed by atoms with Gasteiger partial charge in [-0.05, 0) is 11.8 Å². The second-order valence-corrected chi connectivity index (χ2v) is 4.28. The first-order chi connectivity index (χ1) is 7.70. The van der Waals surface area contributed by atoms with E-state index in [4.69, 9.17) is 17.4 Å². The number of hydrogen-bond acceptors (Lipinski definition) is 6. The lowest BCUT2D eigenvalue weighted by Crippen LogP contribution is -2.13. The van der Waals surface area contributed by atoms with Crippen molar-refractivity contribution in [2.45, 2.75) is 23.7 Å². The molecule has 84 valence electrons. The Morgan fingerprint density at radius 1 is 1.38 bits per heavy atom. The van der Waals surface area contributed by atoms with E-state index < -0.39 is 0 Å². The third-order valence-corrected chi connectivity index (χ3v) is 2.88. The third-order valence-electron chi connectivity index (χ3n) is 1.83. The van der Waals surface area contributed by atoms with E-state index in [0.717, 1.165) is 12.2 Å². The van der Waals surface area contributed by atoms with E-state index in [1.165, 1.54) is 28.8 Å². The molecule has 0 spiro atoms. The summed E-state index contributed by atoms with van der Waals surface area (Å²) in [7, 11) is 0. The maximum atomic E-state index is 5.78. The largest absolute Gasteiger partial charge is 0.336 e. The molecule has 0 bridgehead atoms. The molecule has 2 rings (SSSR count). The molecule has 2 aromatic rings. The van der Waals surface area contributed by atoms with E-state index >= 15 is 0 Å². The number of aryl methyl sites for hydroxylation is 1. The SMILES string of the molecule is CCc1nnc(Sc2ncc(Cl)cn2)n1N. The molecule has 0 fully saturated rings. The quantitative estimate of drug-likeness (QED) is 0.655. The molecule has 0 aromatic carbocycles. The summed E-state index contributed by atoms with van der Waals surface area (Å²) in [6.45, 7) is 1.96. The van der Waals surface area contributed by atoms with Gasteiger partial charge in [0.1, 0.15) is 0 Å². The molecule has 0 atom stereocenters. The fraction of sp³-hybridized carbons (Fsp3) is 0.250. The van der Waals surface area contributed by atoms with Crippen LogP contribution in [0.5, 0.6) is 0 Å². The van der Waals surface area contributed by atoms with Crippen LogP contribution >= 0.6 is 23.4 Å². The van der Waals surface area contributed by atoms with E-state index in [1.807, 2.05) is 6.92 Å². The minimum Gasteiger partial charge on any atom is -0.336 e. The minimum absolute atomic E-state index is 0.493. The highest BCUT2D eigenvalue weighted by Crippen LogP contribution is 2.22. The number of aromatic nitrogens is 5. The molecule has 2 heterocycles. The predicted molar refractivity (Wildman–Crippen MR) is 60.7 cm³/mol. The van der Waals surface area contributed by atoms with Crippen LogP contribution in [0.1, 0.15) is 12.7 Å². The maximum absolute atomic E-state index is 5.78. The Labute approximate surface area is 101 Å². The van der Waals surface area contributed by atoms with Gasteiger partial charge in [-0.1, -0.05) is 18.5 Å². The van der Waals surface area contributed by atoms with Gasteiger partial charge in [0.2, 0.25) is 5.16 Å². The number of rotatable bonds is 3. The highest BCUT2D eigenvalue weighted by molar-refractivity contribution is 7.99. The average Bonchev–Trinajstić information content (AvgIpc) is 2.63. The normalized spacial score (nSPS) is 10.6. The fourth-order valence-electron chi connectivity index (χ4n) is 1.05. The molecule has 0 radical (unpaired) electrons. The van der Waals surface area contributed by atoms with Gasteiger partial charge < -0.3 is 5.84 Å². The van der Waals surface area contributed by atoms with Crippen molar-refractivity contribution in [2.24, 2.45) is 0 Å². The number of nitrogens with zero attached hydrogens (tertiary/aromatic N) is 5. The molecule has 6 nitrogen and oxygen atoms in total. The van der Waals surface area contributed by atoms with Gasteiger partial charge in [0, 0.05) is 6.42 Å². The highest BCUT2D eigenvalue weighted by atomic mass is 35.5. The smallest absolute Gasteiger partial charge is 0.217 e. The Balaban J connectivity index is 2.20. The Bertz CT molecular complexity index is 482. The summed E-state index contributed by atoms with van der Waals surface area (Å²) in [5, 5.41) is 9.46. The number of nitrogens with two attached hydrogens (primary N) is 1. The summed E-state index contributed by atoms with van der Waals surface area (Å²) in [6, 6.07) is 0. The van der Waals surface area contributed by atoms with Crippen molar-refractivity contribution in [3.05, 3.63) is 23.2 Å². The lowest BCUT2D eigenvalue weighted by atomic mass is 10.5. The van der Waals surface area contributed by atoms with E-state index in [0.29, 0.717) is 15.3 Å². The molecule has 0 saturated heterocycles. The van der Waals surface area contributed by atoms with Crippen molar-refractivity contribution in [1.29, 1.82) is 0 Å². The molecular formula is C8H9ClN6S. The first-order valence-electron chi connectivity index (χ1n) is 4.55. The zero-order chi connectivity index (χ0) is 11.5. The summed E-state index contributed by atoms with van der Waals surface area (Å²) in [6.07, 6.45) is 3.77. The van der Waals surface area contributed by atoms with E-state index in [1.54, 1.807) is 0 Å². The molecule has 0 aliphatic heterocycles. The van der Waals surface area contributed by atoms with E-state index in [-0.39, 0.29) is 0 Å². The van der Waals surface area contributed by atoms with Gasteiger partial charge in [0.15, 0.2) is 11.0 Å². The van der Waals surface area contributed by atoms with E-state index in [9.17, 15) is 0 Å². The van der Waals surface area contributed by atoms with Crippen molar-refractivity contribution in [1.82, 2.24) is 24.8 Å². The molecule has 0 aliphatic rings. The maximum Gasteiger partial charge on any atom is 0.217 e. The van der Waals surface area contributed by atoms with E-state index in [2.05, 4.69) is 20.2 Å². The van der Waals surface area contributed by atoms with Crippen LogP contribution in [0.4, 0.5) is 0 Å². The standard InChI is InChI=1S/C8H9ClN6S/c1-2-6-13-14-8(15(6)10)16-7-11-3-5(9)4-12-7/h3-4H,2,10H2,1H3. The van der Waals surface area contributed by atoms with Gasteiger partial charge in [0.25, 0.3) is 0 Å². The van der Waals surface area contributed by atoms with Crippen molar-refractivity contribution >= 4 is 23.4 Å². The summed E-state index contributed by atoms with van der Waals surface area (Å²) in [4.78, 5) is 8.07. The topological polar surface area (TPSA) is 82.5 Å². The summed E-state index contributed by atoms with van der Waals surface area (Å²) < 4.78 is 1.43.